The zero-order chi connectivity index (χ0) is 8.29. The van der Waals surface area contributed by atoms with Gasteiger partial charge in [-0.2, -0.15) is 0 Å². The lowest BCUT2D eigenvalue weighted by atomic mass is 9.76. The van der Waals surface area contributed by atoms with Crippen molar-refractivity contribution in [1.29, 1.82) is 0 Å². The fourth-order valence-corrected chi connectivity index (χ4v) is 3.21. The third-order valence-electron chi connectivity index (χ3n) is 4.48. The van der Waals surface area contributed by atoms with Gasteiger partial charge in [0.2, 0.25) is 0 Å². The number of rotatable bonds is 1. The number of fused-ring (bicyclic) bond motifs is 1. The lowest BCUT2D eigenvalue weighted by molar-refractivity contribution is 0.0423. The molecule has 0 aliphatic heterocycles. The minimum atomic E-state index is 0.0174. The van der Waals surface area contributed by atoms with Crippen LogP contribution in [-0.4, -0.2) is 11.2 Å². The van der Waals surface area contributed by atoms with Crippen LogP contribution in [0.15, 0.2) is 0 Å². The Morgan fingerprint density at radius 3 is 2.33 bits per heavy atom. The first kappa shape index (κ1) is 7.37. The van der Waals surface area contributed by atoms with Gasteiger partial charge < -0.3 is 5.11 Å². The van der Waals surface area contributed by atoms with Crippen molar-refractivity contribution >= 4 is 0 Å². The highest BCUT2D eigenvalue weighted by Crippen LogP contribution is 2.72. The highest BCUT2D eigenvalue weighted by molar-refractivity contribution is 5.14. The minimum Gasteiger partial charge on any atom is -0.393 e. The van der Waals surface area contributed by atoms with Crippen LogP contribution >= 0.6 is 0 Å². The van der Waals surface area contributed by atoms with Crippen LogP contribution in [0, 0.1) is 29.6 Å². The molecule has 0 saturated heterocycles. The Morgan fingerprint density at radius 2 is 1.83 bits per heavy atom. The van der Waals surface area contributed by atoms with Crippen molar-refractivity contribution in [2.24, 2.45) is 29.6 Å². The molecule has 0 amide bonds. The fraction of sp³-hybridized carbons (Fsp3) is 1.00. The predicted octanol–water partition coefficient (Wildman–Crippen LogP) is 2.05. The van der Waals surface area contributed by atoms with Crippen LogP contribution in [0.25, 0.3) is 0 Å². The van der Waals surface area contributed by atoms with Crippen molar-refractivity contribution in [2.75, 3.05) is 0 Å². The lowest BCUT2D eigenvalue weighted by Gasteiger charge is -2.32. The normalized spacial score (nSPS) is 62.5. The average molecular weight is 166 g/mol. The molecule has 1 N–H and O–H groups in total. The van der Waals surface area contributed by atoms with E-state index in [0.717, 1.165) is 30.1 Å². The Labute approximate surface area is 74.2 Å². The summed E-state index contributed by atoms with van der Waals surface area (Å²) in [5.41, 5.74) is 0. The Bertz CT molecular complexity index is 193. The maximum Gasteiger partial charge on any atom is 0.0568 e. The third-order valence-corrected chi connectivity index (χ3v) is 4.48. The second-order valence-corrected chi connectivity index (χ2v) is 5.26. The molecule has 0 spiro atoms. The van der Waals surface area contributed by atoms with E-state index in [-0.39, 0.29) is 6.10 Å². The van der Waals surface area contributed by atoms with Crippen LogP contribution in [0.4, 0.5) is 0 Å². The summed E-state index contributed by atoms with van der Waals surface area (Å²) in [5.74, 6) is 4.77. The van der Waals surface area contributed by atoms with E-state index in [4.69, 9.17) is 0 Å². The van der Waals surface area contributed by atoms with E-state index in [0.29, 0.717) is 5.92 Å². The monoisotopic (exact) mass is 166 g/mol. The van der Waals surface area contributed by atoms with E-state index in [1.165, 1.54) is 19.3 Å². The zero-order valence-electron chi connectivity index (χ0n) is 7.74. The summed E-state index contributed by atoms with van der Waals surface area (Å²) in [7, 11) is 0. The fourth-order valence-electron chi connectivity index (χ4n) is 3.21. The Morgan fingerprint density at radius 1 is 1.08 bits per heavy atom. The summed E-state index contributed by atoms with van der Waals surface area (Å²) in [6.07, 6.45) is 5.31. The topological polar surface area (TPSA) is 20.2 Å². The summed E-state index contributed by atoms with van der Waals surface area (Å²) >= 11 is 0. The number of hydrogen-bond acceptors (Lipinski definition) is 1. The Hall–Kier alpha value is -0.0400. The van der Waals surface area contributed by atoms with E-state index in [2.05, 4.69) is 6.92 Å². The van der Waals surface area contributed by atoms with E-state index in [9.17, 15) is 5.11 Å². The van der Waals surface area contributed by atoms with Crippen molar-refractivity contribution in [3.8, 4) is 0 Å². The summed E-state index contributed by atoms with van der Waals surface area (Å²) in [5, 5.41) is 9.73. The first-order valence-corrected chi connectivity index (χ1v) is 5.45. The van der Waals surface area contributed by atoms with Crippen molar-refractivity contribution in [1.82, 2.24) is 0 Å². The molecule has 0 bridgehead atoms. The van der Waals surface area contributed by atoms with Crippen LogP contribution in [0.3, 0.4) is 0 Å². The van der Waals surface area contributed by atoms with E-state index >= 15 is 0 Å². The van der Waals surface area contributed by atoms with Crippen molar-refractivity contribution in [3.05, 3.63) is 0 Å². The highest BCUT2D eigenvalue weighted by Gasteiger charge is 2.66. The second kappa shape index (κ2) is 2.25. The predicted molar refractivity (Wildman–Crippen MR) is 47.6 cm³/mol. The van der Waals surface area contributed by atoms with Gasteiger partial charge >= 0.3 is 0 Å². The van der Waals surface area contributed by atoms with Gasteiger partial charge in [0, 0.05) is 0 Å². The first-order chi connectivity index (χ1) is 5.77. The molecule has 0 radical (unpaired) electrons. The third kappa shape index (κ3) is 0.953. The zero-order valence-corrected chi connectivity index (χ0v) is 7.74. The molecule has 3 aliphatic rings. The molecule has 3 rings (SSSR count). The number of hydrogen-bond donors (Lipinski definition) is 1. The number of aliphatic hydroxyl groups is 1. The minimum absolute atomic E-state index is 0.0174. The Balaban J connectivity index is 1.60. The molecule has 0 heterocycles. The van der Waals surface area contributed by atoms with Gasteiger partial charge in [0.1, 0.15) is 0 Å². The van der Waals surface area contributed by atoms with Crippen molar-refractivity contribution < 1.29 is 5.11 Å². The molecule has 1 heteroatoms. The molecular weight excluding hydrogens is 148 g/mol. The maximum absolute atomic E-state index is 9.73. The smallest absolute Gasteiger partial charge is 0.0568 e. The molecule has 5 unspecified atom stereocenters. The van der Waals surface area contributed by atoms with Gasteiger partial charge in [-0.1, -0.05) is 6.92 Å². The molecule has 3 saturated carbocycles. The van der Waals surface area contributed by atoms with Crippen LogP contribution in [-0.2, 0) is 0 Å². The van der Waals surface area contributed by atoms with Crippen molar-refractivity contribution in [2.45, 2.75) is 38.7 Å². The van der Waals surface area contributed by atoms with Crippen LogP contribution in [0.2, 0.25) is 0 Å². The quantitative estimate of drug-likeness (QED) is 0.632. The van der Waals surface area contributed by atoms with E-state index < -0.39 is 0 Å². The summed E-state index contributed by atoms with van der Waals surface area (Å²) < 4.78 is 0. The Kier molecular flexibility index (Phi) is 1.39. The lowest BCUT2D eigenvalue weighted by Crippen LogP contribution is -2.29. The first-order valence-electron chi connectivity index (χ1n) is 5.45. The van der Waals surface area contributed by atoms with Gasteiger partial charge in [0.25, 0.3) is 0 Å². The molecule has 3 fully saturated rings. The molecular formula is C11H18O. The summed E-state index contributed by atoms with van der Waals surface area (Å²) in [6, 6.07) is 0. The molecule has 0 aromatic rings. The van der Waals surface area contributed by atoms with Gasteiger partial charge in [-0.15, -0.1) is 0 Å². The molecule has 1 nitrogen and oxygen atoms in total. The molecule has 68 valence electrons. The van der Waals surface area contributed by atoms with Gasteiger partial charge in [-0.25, -0.2) is 0 Å². The average Bonchev–Trinajstić information content (AvgIpc) is 2.83. The SMILES string of the molecule is CC1CCC(C2C3CC32)CC1O. The van der Waals surface area contributed by atoms with Gasteiger partial charge in [0.05, 0.1) is 6.10 Å². The van der Waals surface area contributed by atoms with Crippen LogP contribution in [0.1, 0.15) is 32.6 Å². The van der Waals surface area contributed by atoms with E-state index in [1.54, 1.807) is 0 Å². The number of aliphatic hydroxyl groups excluding tert-OH is 1. The maximum atomic E-state index is 9.73. The molecule has 0 aromatic carbocycles. The van der Waals surface area contributed by atoms with Gasteiger partial charge in [-0.05, 0) is 55.3 Å². The van der Waals surface area contributed by atoms with E-state index in [1.807, 2.05) is 0 Å². The summed E-state index contributed by atoms with van der Waals surface area (Å²) in [4.78, 5) is 0. The summed E-state index contributed by atoms with van der Waals surface area (Å²) in [6.45, 7) is 2.19. The molecule has 0 aromatic heterocycles. The molecule has 12 heavy (non-hydrogen) atoms. The highest BCUT2D eigenvalue weighted by atomic mass is 16.3. The van der Waals surface area contributed by atoms with Gasteiger partial charge in [-0.3, -0.25) is 0 Å². The standard InChI is InChI=1S/C11H18O/c1-6-2-3-7(4-10(6)12)11-8-5-9(8)11/h6-12H,2-5H2,1H3. The van der Waals surface area contributed by atoms with Gasteiger partial charge in [0.15, 0.2) is 0 Å². The second-order valence-electron chi connectivity index (χ2n) is 5.26. The van der Waals surface area contributed by atoms with Crippen LogP contribution < -0.4 is 0 Å². The van der Waals surface area contributed by atoms with Crippen LogP contribution in [0.5, 0.6) is 0 Å². The molecule has 5 atom stereocenters. The van der Waals surface area contributed by atoms with Crippen molar-refractivity contribution in [3.63, 3.8) is 0 Å². The molecule has 3 aliphatic carbocycles. The largest absolute Gasteiger partial charge is 0.393 e.